The maximum atomic E-state index is 13.4. The predicted octanol–water partition coefficient (Wildman–Crippen LogP) is 3.54. The number of aromatic nitrogens is 2. The Morgan fingerprint density at radius 1 is 1.36 bits per heavy atom. The molecule has 3 rings (SSSR count). The van der Waals surface area contributed by atoms with E-state index in [-0.39, 0.29) is 28.5 Å². The van der Waals surface area contributed by atoms with Crippen molar-refractivity contribution in [2.75, 3.05) is 0 Å². The minimum absolute atomic E-state index is 0.0240. The number of pyridine rings is 1. The fourth-order valence-corrected chi connectivity index (χ4v) is 2.30. The Labute approximate surface area is 123 Å². The van der Waals surface area contributed by atoms with Gasteiger partial charge in [0.15, 0.2) is 5.65 Å². The number of rotatable bonds is 3. The molecule has 0 unspecified atom stereocenters. The van der Waals surface area contributed by atoms with E-state index in [9.17, 15) is 19.2 Å². The highest BCUT2D eigenvalue weighted by Crippen LogP contribution is 2.32. The first kappa shape index (κ1) is 13.9. The highest BCUT2D eigenvalue weighted by molar-refractivity contribution is 5.95. The molecule has 0 aliphatic carbocycles. The van der Waals surface area contributed by atoms with E-state index in [2.05, 4.69) is 10.2 Å². The molecule has 3 aromatic rings. The van der Waals surface area contributed by atoms with Gasteiger partial charge in [0.05, 0.1) is 0 Å². The second kappa shape index (κ2) is 5.03. The Bertz CT molecular complexity index is 918. The predicted molar refractivity (Wildman–Crippen MR) is 77.7 cm³/mol. The van der Waals surface area contributed by atoms with Crippen molar-refractivity contribution < 1.29 is 14.3 Å². The van der Waals surface area contributed by atoms with Crippen molar-refractivity contribution in [2.45, 2.75) is 6.92 Å². The van der Waals surface area contributed by atoms with Gasteiger partial charge in [-0.3, -0.25) is 4.40 Å². The fourth-order valence-electron chi connectivity index (χ4n) is 2.30. The summed E-state index contributed by atoms with van der Waals surface area (Å²) >= 11 is 0. The number of halogens is 1. The summed E-state index contributed by atoms with van der Waals surface area (Å²) in [6.07, 6.45) is 1.51. The Morgan fingerprint density at radius 3 is 2.77 bits per heavy atom. The molecule has 0 spiro atoms. The molecular formula is C15H10FN3O3. The Balaban J connectivity index is 2.34. The summed E-state index contributed by atoms with van der Waals surface area (Å²) in [5, 5.41) is 12.1. The number of aromatic carboxylic acids is 1. The number of carbonyl (C=O) groups is 1. The van der Waals surface area contributed by atoms with Gasteiger partial charge in [0, 0.05) is 11.8 Å². The van der Waals surface area contributed by atoms with Gasteiger partial charge in [0.1, 0.15) is 17.1 Å². The molecule has 0 fully saturated rings. The third-order valence-electron chi connectivity index (χ3n) is 3.37. The molecule has 110 valence electrons. The van der Waals surface area contributed by atoms with Crippen LogP contribution in [0.2, 0.25) is 0 Å². The van der Waals surface area contributed by atoms with Crippen LogP contribution in [0.15, 0.2) is 41.7 Å². The molecule has 0 amide bonds. The molecule has 0 aliphatic rings. The van der Waals surface area contributed by atoms with Crippen LogP contribution in [0.1, 0.15) is 15.9 Å². The van der Waals surface area contributed by atoms with Crippen LogP contribution in [0.5, 0.6) is 0 Å². The summed E-state index contributed by atoms with van der Waals surface area (Å²) in [6, 6.07) is 7.15. The van der Waals surface area contributed by atoms with Crippen molar-refractivity contribution in [2.24, 2.45) is 5.18 Å². The highest BCUT2D eigenvalue weighted by Gasteiger charge is 2.19. The van der Waals surface area contributed by atoms with Crippen LogP contribution in [0, 0.1) is 17.6 Å². The second-order valence-electron chi connectivity index (χ2n) is 4.76. The molecule has 0 aliphatic heterocycles. The van der Waals surface area contributed by atoms with Gasteiger partial charge < -0.3 is 5.11 Å². The number of fused-ring (bicyclic) bond motifs is 1. The lowest BCUT2D eigenvalue weighted by atomic mass is 10.1. The molecule has 0 saturated heterocycles. The summed E-state index contributed by atoms with van der Waals surface area (Å²) in [4.78, 5) is 26.6. The maximum Gasteiger partial charge on any atom is 0.339 e. The number of nitrogens with zero attached hydrogens (tertiary/aromatic N) is 3. The van der Waals surface area contributed by atoms with Gasteiger partial charge in [-0.1, -0.05) is 0 Å². The third kappa shape index (κ3) is 2.03. The minimum atomic E-state index is -1.16. The molecule has 6 nitrogen and oxygen atoms in total. The number of benzene rings is 1. The Kier molecular flexibility index (Phi) is 3.17. The van der Waals surface area contributed by atoms with Crippen LogP contribution in [0.4, 0.5) is 10.2 Å². The first-order valence-electron chi connectivity index (χ1n) is 6.37. The van der Waals surface area contributed by atoms with Gasteiger partial charge in [-0.15, -0.1) is 4.91 Å². The standard InChI is InChI=1S/C15H10FN3O3/c1-8-7-9(4-5-11(8)16)12-14(18-22)19-6-2-3-10(15(20)21)13(19)17-12/h2-7H,1H3,(H,20,21). The summed E-state index contributed by atoms with van der Waals surface area (Å²) in [5.41, 5.74) is 1.17. The normalized spacial score (nSPS) is 10.8. The molecule has 0 radical (unpaired) electrons. The zero-order chi connectivity index (χ0) is 15.9. The smallest absolute Gasteiger partial charge is 0.339 e. The van der Waals surface area contributed by atoms with E-state index in [4.69, 9.17) is 0 Å². The first-order chi connectivity index (χ1) is 10.5. The van der Waals surface area contributed by atoms with Crippen molar-refractivity contribution in [3.63, 3.8) is 0 Å². The Hall–Kier alpha value is -3.09. The molecule has 1 N–H and O–H groups in total. The van der Waals surface area contributed by atoms with E-state index in [1.807, 2.05) is 0 Å². The molecule has 2 aromatic heterocycles. The van der Waals surface area contributed by atoms with Gasteiger partial charge in [0.25, 0.3) is 0 Å². The van der Waals surface area contributed by atoms with Crippen molar-refractivity contribution in [3.05, 3.63) is 58.4 Å². The highest BCUT2D eigenvalue weighted by atomic mass is 19.1. The maximum absolute atomic E-state index is 13.4. The summed E-state index contributed by atoms with van der Waals surface area (Å²) < 4.78 is 14.7. The number of carboxylic acid groups (broad SMARTS) is 1. The lowest BCUT2D eigenvalue weighted by molar-refractivity contribution is 0.0698. The molecule has 0 saturated carbocycles. The van der Waals surface area contributed by atoms with E-state index >= 15 is 0 Å². The van der Waals surface area contributed by atoms with E-state index in [0.717, 1.165) is 0 Å². The van der Waals surface area contributed by atoms with Crippen LogP contribution in [0.3, 0.4) is 0 Å². The molecular weight excluding hydrogens is 289 g/mol. The summed E-state index contributed by atoms with van der Waals surface area (Å²) in [5.74, 6) is -1.56. The fraction of sp³-hybridized carbons (Fsp3) is 0.0667. The average Bonchev–Trinajstić information content (AvgIpc) is 2.88. The number of hydrogen-bond donors (Lipinski definition) is 1. The van der Waals surface area contributed by atoms with Gasteiger partial charge in [0.2, 0.25) is 5.82 Å². The minimum Gasteiger partial charge on any atom is -0.478 e. The van der Waals surface area contributed by atoms with E-state index < -0.39 is 5.97 Å². The van der Waals surface area contributed by atoms with Crippen molar-refractivity contribution in [1.29, 1.82) is 0 Å². The third-order valence-corrected chi connectivity index (χ3v) is 3.37. The van der Waals surface area contributed by atoms with E-state index in [0.29, 0.717) is 11.1 Å². The lowest BCUT2D eigenvalue weighted by Crippen LogP contribution is -1.99. The monoisotopic (exact) mass is 299 g/mol. The van der Waals surface area contributed by atoms with Crippen LogP contribution in [0.25, 0.3) is 16.9 Å². The van der Waals surface area contributed by atoms with Crippen LogP contribution < -0.4 is 0 Å². The van der Waals surface area contributed by atoms with Gasteiger partial charge in [-0.25, -0.2) is 14.2 Å². The molecule has 22 heavy (non-hydrogen) atoms. The second-order valence-corrected chi connectivity index (χ2v) is 4.76. The topological polar surface area (TPSA) is 84.0 Å². The molecule has 0 bridgehead atoms. The first-order valence-corrected chi connectivity index (χ1v) is 6.37. The zero-order valence-electron chi connectivity index (χ0n) is 11.4. The Morgan fingerprint density at radius 2 is 2.14 bits per heavy atom. The number of nitroso groups, excluding NO2 is 1. The molecule has 7 heteroatoms. The summed E-state index contributed by atoms with van der Waals surface area (Å²) in [6.45, 7) is 1.59. The van der Waals surface area contributed by atoms with Gasteiger partial charge >= 0.3 is 5.97 Å². The number of aryl methyl sites for hydroxylation is 1. The van der Waals surface area contributed by atoms with Crippen molar-refractivity contribution in [3.8, 4) is 11.3 Å². The molecule has 0 atom stereocenters. The van der Waals surface area contributed by atoms with Crippen molar-refractivity contribution >= 4 is 17.4 Å². The van der Waals surface area contributed by atoms with Crippen LogP contribution in [-0.2, 0) is 0 Å². The lowest BCUT2D eigenvalue weighted by Gasteiger charge is -2.00. The largest absolute Gasteiger partial charge is 0.478 e. The molecule has 1 aromatic carbocycles. The number of carboxylic acids is 1. The molecule has 2 heterocycles. The average molecular weight is 299 g/mol. The van der Waals surface area contributed by atoms with E-state index in [1.54, 1.807) is 6.92 Å². The number of imidazole rings is 1. The van der Waals surface area contributed by atoms with E-state index in [1.165, 1.54) is 40.9 Å². The SMILES string of the molecule is Cc1cc(-c2nc3c(C(=O)O)cccn3c2N=O)ccc1F. The van der Waals surface area contributed by atoms with Crippen LogP contribution in [-0.4, -0.2) is 20.5 Å². The van der Waals surface area contributed by atoms with Gasteiger partial charge in [-0.05, 0) is 48.0 Å². The van der Waals surface area contributed by atoms with Crippen molar-refractivity contribution in [1.82, 2.24) is 9.38 Å². The zero-order valence-corrected chi connectivity index (χ0v) is 11.4. The van der Waals surface area contributed by atoms with Gasteiger partial charge in [-0.2, -0.15) is 0 Å². The van der Waals surface area contributed by atoms with Crippen LogP contribution >= 0.6 is 0 Å². The number of hydrogen-bond acceptors (Lipinski definition) is 4. The summed E-state index contributed by atoms with van der Waals surface area (Å²) in [7, 11) is 0. The quantitative estimate of drug-likeness (QED) is 0.750.